The topological polar surface area (TPSA) is 26.3 Å². The van der Waals surface area contributed by atoms with Crippen molar-refractivity contribution in [2.45, 2.75) is 27.1 Å². The number of hydrogen-bond acceptors (Lipinski definition) is 2. The van der Waals surface area contributed by atoms with Gasteiger partial charge < -0.3 is 0 Å². The molecule has 0 aliphatic carbocycles. The van der Waals surface area contributed by atoms with Crippen molar-refractivity contribution in [3.8, 4) is 0 Å². The fraction of sp³-hybridized carbons (Fsp3) is 1.00. The van der Waals surface area contributed by atoms with Crippen LogP contribution in [0.3, 0.4) is 0 Å². The van der Waals surface area contributed by atoms with Crippen LogP contribution in [-0.2, 0) is 5.99 Å². The molecule has 9 heavy (non-hydrogen) atoms. The summed E-state index contributed by atoms with van der Waals surface area (Å²) in [5.41, 5.74) is 0. The predicted octanol–water partition coefficient (Wildman–Crippen LogP) is 1.78. The van der Waals surface area contributed by atoms with E-state index >= 15 is 0 Å². The van der Waals surface area contributed by atoms with Crippen molar-refractivity contribution < 1.29 is 5.99 Å². The SMILES string of the molecule is CC[Se](=O)[O][Sn]([CH3])([CH3])[CH3]. The Hall–Kier alpha value is 1.08. The summed E-state index contributed by atoms with van der Waals surface area (Å²) in [6.07, 6.45) is 0. The van der Waals surface area contributed by atoms with E-state index in [1.54, 1.807) is 0 Å². The zero-order valence-electron chi connectivity index (χ0n) is 6.43. The number of hydrogen-bond donors (Lipinski definition) is 0. The Balaban J connectivity index is 3.60. The minimum absolute atomic E-state index is 0.716. The summed E-state index contributed by atoms with van der Waals surface area (Å²) < 4.78 is 16.2. The monoisotopic (exact) mass is 306 g/mol. The Kier molecular flexibility index (Phi) is 4.55. The first kappa shape index (κ1) is 10.1. The van der Waals surface area contributed by atoms with Gasteiger partial charge in [-0.3, -0.25) is 0 Å². The summed E-state index contributed by atoms with van der Waals surface area (Å²) in [5, 5.41) is 0.716. The van der Waals surface area contributed by atoms with Gasteiger partial charge in [-0.05, 0) is 0 Å². The van der Waals surface area contributed by atoms with Crippen molar-refractivity contribution in [3.63, 3.8) is 0 Å². The zero-order valence-corrected chi connectivity index (χ0v) is 11.0. The van der Waals surface area contributed by atoms with Gasteiger partial charge in [0.15, 0.2) is 0 Å². The van der Waals surface area contributed by atoms with Gasteiger partial charge >= 0.3 is 66.0 Å². The molecule has 0 rings (SSSR count). The maximum absolute atomic E-state index is 10.9. The Bertz CT molecular complexity index is 108. The first-order valence-corrected chi connectivity index (χ1v) is 15.4. The standard InChI is InChI=1S/C2H6O2Se.3CH3.Sn/c1-2-5(3)4;;;;/h2H2,1H3,(H,3,4);3*1H3;/q;;;;+1/p-1. The van der Waals surface area contributed by atoms with Gasteiger partial charge in [0.1, 0.15) is 0 Å². The molecule has 0 aliphatic rings. The quantitative estimate of drug-likeness (QED) is 0.743. The summed E-state index contributed by atoms with van der Waals surface area (Å²) in [5.74, 6) is 0. The van der Waals surface area contributed by atoms with E-state index in [4.69, 9.17) is 2.16 Å². The molecule has 56 valence electrons. The van der Waals surface area contributed by atoms with Crippen LogP contribution in [0.5, 0.6) is 0 Å². The van der Waals surface area contributed by atoms with Gasteiger partial charge in [0.05, 0.1) is 0 Å². The van der Waals surface area contributed by atoms with Gasteiger partial charge in [0, 0.05) is 0 Å². The van der Waals surface area contributed by atoms with Gasteiger partial charge in [0.25, 0.3) is 0 Å². The van der Waals surface area contributed by atoms with E-state index in [0.29, 0.717) is 5.32 Å². The van der Waals surface area contributed by atoms with Crippen LogP contribution in [0, 0.1) is 0 Å². The van der Waals surface area contributed by atoms with Gasteiger partial charge in [-0.2, -0.15) is 0 Å². The molecule has 0 fully saturated rings. The number of rotatable bonds is 3. The molecule has 0 bridgehead atoms. The Morgan fingerprint density at radius 2 is 1.89 bits per heavy atom. The van der Waals surface area contributed by atoms with Crippen LogP contribution in [-0.4, -0.2) is 33.0 Å². The second kappa shape index (κ2) is 4.06. The minimum atomic E-state index is -2.15. The zero-order chi connectivity index (χ0) is 7.49. The van der Waals surface area contributed by atoms with E-state index in [-0.39, 0.29) is 0 Å². The van der Waals surface area contributed by atoms with Gasteiger partial charge in [-0.15, -0.1) is 0 Å². The molecule has 0 N–H and O–H groups in total. The van der Waals surface area contributed by atoms with E-state index in [0.717, 1.165) is 0 Å². The first-order valence-electron chi connectivity index (χ1n) is 3.03. The molecule has 4 heteroatoms. The van der Waals surface area contributed by atoms with Crippen LogP contribution in [0.1, 0.15) is 6.92 Å². The molecule has 1 atom stereocenters. The maximum atomic E-state index is 10.9. The molecule has 0 saturated carbocycles. The van der Waals surface area contributed by atoms with E-state index in [9.17, 15) is 3.83 Å². The Labute approximate surface area is 65.8 Å². The normalized spacial score (nSPS) is 15.6. The van der Waals surface area contributed by atoms with Gasteiger partial charge in [-0.1, -0.05) is 0 Å². The molecule has 2 nitrogen and oxygen atoms in total. The fourth-order valence-corrected chi connectivity index (χ4v) is 11.8. The fourth-order valence-electron chi connectivity index (χ4n) is 0.338. The summed E-state index contributed by atoms with van der Waals surface area (Å²) in [7, 11) is 0. The van der Waals surface area contributed by atoms with Crippen LogP contribution in [0.2, 0.25) is 20.1 Å². The molecule has 0 aromatic heterocycles. The summed E-state index contributed by atoms with van der Waals surface area (Å²) in [6.45, 7) is 1.91. The van der Waals surface area contributed by atoms with E-state index in [1.807, 2.05) is 6.92 Å². The predicted molar refractivity (Wildman–Crippen MR) is 41.4 cm³/mol. The third-order valence-corrected chi connectivity index (χ3v) is 13.2. The van der Waals surface area contributed by atoms with Crippen LogP contribution >= 0.6 is 0 Å². The van der Waals surface area contributed by atoms with Crippen molar-refractivity contribution in [1.29, 1.82) is 0 Å². The molecule has 0 spiro atoms. The third-order valence-electron chi connectivity index (χ3n) is 0.579. The van der Waals surface area contributed by atoms with Gasteiger partial charge in [-0.25, -0.2) is 0 Å². The van der Waals surface area contributed by atoms with Crippen molar-refractivity contribution in [1.82, 2.24) is 0 Å². The van der Waals surface area contributed by atoms with Gasteiger partial charge in [0.2, 0.25) is 0 Å². The second-order valence-electron chi connectivity index (χ2n) is 2.79. The molecule has 0 saturated heterocycles. The van der Waals surface area contributed by atoms with E-state index < -0.39 is 33.0 Å². The average Bonchev–Trinajstić information content (AvgIpc) is 1.62. The molecule has 0 amide bonds. The van der Waals surface area contributed by atoms with Crippen LogP contribution < -0.4 is 0 Å². The Morgan fingerprint density at radius 1 is 1.44 bits per heavy atom. The average molecular weight is 304 g/mol. The molecule has 0 aromatic rings. The summed E-state index contributed by atoms with van der Waals surface area (Å²) in [6, 6.07) is 0. The molecular weight excluding hydrogens is 290 g/mol. The van der Waals surface area contributed by atoms with E-state index in [1.165, 1.54) is 0 Å². The van der Waals surface area contributed by atoms with Crippen molar-refractivity contribution >= 4 is 33.0 Å². The molecule has 0 heterocycles. The summed E-state index contributed by atoms with van der Waals surface area (Å²) >= 11 is -3.99. The Morgan fingerprint density at radius 3 is 2.00 bits per heavy atom. The summed E-state index contributed by atoms with van der Waals surface area (Å²) in [4.78, 5) is 6.37. The van der Waals surface area contributed by atoms with Crippen LogP contribution in [0.15, 0.2) is 0 Å². The first-order chi connectivity index (χ1) is 3.95. The molecule has 0 radical (unpaired) electrons. The molecular formula is C5H14O2SeSn. The molecule has 0 aliphatic heterocycles. The van der Waals surface area contributed by atoms with Crippen molar-refractivity contribution in [2.24, 2.45) is 0 Å². The molecule has 1 unspecified atom stereocenters. The second-order valence-corrected chi connectivity index (χ2v) is 20.2. The van der Waals surface area contributed by atoms with Crippen LogP contribution in [0.4, 0.5) is 0 Å². The van der Waals surface area contributed by atoms with Crippen LogP contribution in [0.25, 0.3) is 0 Å². The third kappa shape index (κ3) is 6.97. The van der Waals surface area contributed by atoms with Crippen molar-refractivity contribution in [2.75, 3.05) is 0 Å². The van der Waals surface area contributed by atoms with E-state index in [2.05, 4.69) is 14.8 Å². The van der Waals surface area contributed by atoms with Crippen molar-refractivity contribution in [3.05, 3.63) is 0 Å². The molecule has 0 aromatic carbocycles.